The van der Waals surface area contributed by atoms with Crippen molar-refractivity contribution in [3.63, 3.8) is 0 Å². The van der Waals surface area contributed by atoms with Crippen LogP contribution in [0.5, 0.6) is 0 Å². The van der Waals surface area contributed by atoms with Crippen molar-refractivity contribution in [3.05, 3.63) is 69.3 Å². The molecule has 0 saturated heterocycles. The molecule has 0 radical (unpaired) electrons. The molecule has 2 atom stereocenters. The number of H-pyrrole nitrogens is 2. The van der Waals surface area contributed by atoms with Gasteiger partial charge in [-0.15, -0.1) is 0 Å². The molecular weight excluding hydrogens is 735 g/mol. The zero-order valence-corrected chi connectivity index (χ0v) is 36.5. The number of aryl methyl sites for hydroxylation is 4. The summed E-state index contributed by atoms with van der Waals surface area (Å²) in [5.74, 6) is 0.322. The second-order valence-electron chi connectivity index (χ2n) is 15.3. The van der Waals surface area contributed by atoms with Crippen molar-refractivity contribution in [2.24, 2.45) is 0 Å². The van der Waals surface area contributed by atoms with Crippen molar-refractivity contribution in [2.75, 3.05) is 93.4 Å². The fourth-order valence-electron chi connectivity index (χ4n) is 7.82. The van der Waals surface area contributed by atoms with Crippen LogP contribution in [0.3, 0.4) is 0 Å². The van der Waals surface area contributed by atoms with Crippen LogP contribution in [0.2, 0.25) is 0 Å². The molecule has 5 heterocycles. The third-order valence-corrected chi connectivity index (χ3v) is 11.5. The minimum absolute atomic E-state index is 0.0891. The van der Waals surface area contributed by atoms with Gasteiger partial charge in [0.05, 0.1) is 84.1 Å². The Morgan fingerprint density at radius 2 is 1.26 bits per heavy atom. The molecule has 0 fully saturated rings. The lowest BCUT2D eigenvalue weighted by atomic mass is 9.86. The largest absolute Gasteiger partial charge is 0.382 e. The summed E-state index contributed by atoms with van der Waals surface area (Å²) in [7, 11) is 3.50. The summed E-state index contributed by atoms with van der Waals surface area (Å²) >= 11 is 0. The van der Waals surface area contributed by atoms with E-state index >= 15 is 0 Å². The molecule has 2 aliphatic rings. The summed E-state index contributed by atoms with van der Waals surface area (Å²) < 4.78 is 32.7. The minimum atomic E-state index is 0.0891. The molecule has 0 spiro atoms. The van der Waals surface area contributed by atoms with E-state index in [0.29, 0.717) is 92.1 Å². The maximum absolute atomic E-state index is 13.5. The average Bonchev–Trinajstić information content (AvgIpc) is 3.92. The first-order chi connectivity index (χ1) is 28.1. The average molecular weight is 802 g/mol. The quantitative estimate of drug-likeness (QED) is 0.0916. The van der Waals surface area contributed by atoms with Crippen molar-refractivity contribution in [1.82, 2.24) is 24.8 Å². The lowest BCUT2D eigenvalue weighted by Crippen LogP contribution is -2.30. The maximum atomic E-state index is 13.5. The van der Waals surface area contributed by atoms with E-state index in [1.807, 2.05) is 7.05 Å². The molecule has 318 valence electrons. The Morgan fingerprint density at radius 3 is 1.86 bits per heavy atom. The molecule has 58 heavy (non-hydrogen) atoms. The fraction of sp³-hybridized carbons (Fsp3) is 0.587. The number of carbonyl (C=O) groups excluding carboxylic acids is 1. The van der Waals surface area contributed by atoms with Crippen LogP contribution in [0, 0.1) is 20.8 Å². The number of nitrogens with zero attached hydrogens (tertiary/aromatic N) is 3. The van der Waals surface area contributed by atoms with Gasteiger partial charge in [-0.3, -0.25) is 9.78 Å². The Bertz CT molecular complexity index is 2020. The molecule has 3 aromatic rings. The van der Waals surface area contributed by atoms with Gasteiger partial charge in [0, 0.05) is 72.4 Å². The van der Waals surface area contributed by atoms with Gasteiger partial charge >= 0.3 is 0 Å². The zero-order valence-electron chi connectivity index (χ0n) is 36.5. The Hall–Kier alpha value is -3.91. The molecule has 2 N–H and O–H groups in total. The van der Waals surface area contributed by atoms with E-state index in [0.717, 1.165) is 68.8 Å². The first kappa shape index (κ1) is 45.2. The van der Waals surface area contributed by atoms with Crippen LogP contribution in [0.4, 0.5) is 0 Å². The molecule has 1 amide bonds. The monoisotopic (exact) mass is 802 g/mol. The third-order valence-electron chi connectivity index (χ3n) is 11.5. The first-order valence-electron chi connectivity index (χ1n) is 21.1. The van der Waals surface area contributed by atoms with E-state index in [4.69, 9.17) is 38.4 Å². The summed E-state index contributed by atoms with van der Waals surface area (Å²) in [6.07, 6.45) is 2.95. The SMILES string of the molecule is CCC1=C(C)c2cc3[nH]c(cc4nc(c(C)c5cc(C)c(cc1n2)[nH]5)[C@@H](CCC(=O)N(C)CCOCCOCCOCCOCCOCCOC)[C@@H]4C)c(C)c3CC. The lowest BCUT2D eigenvalue weighted by molar-refractivity contribution is -0.130. The van der Waals surface area contributed by atoms with Gasteiger partial charge in [-0.05, 0) is 105 Å². The lowest BCUT2D eigenvalue weighted by Gasteiger charge is -2.20. The van der Waals surface area contributed by atoms with Crippen molar-refractivity contribution < 1.29 is 33.2 Å². The van der Waals surface area contributed by atoms with Crippen LogP contribution in [0.15, 0.2) is 24.3 Å². The number of hydrogen-bond donors (Lipinski definition) is 2. The number of carbonyl (C=O) groups is 1. The smallest absolute Gasteiger partial charge is 0.222 e. The highest BCUT2D eigenvalue weighted by Gasteiger charge is 2.31. The fourth-order valence-corrected chi connectivity index (χ4v) is 7.82. The van der Waals surface area contributed by atoms with Crippen molar-refractivity contribution in [1.29, 1.82) is 0 Å². The van der Waals surface area contributed by atoms with Gasteiger partial charge in [0.15, 0.2) is 0 Å². The van der Waals surface area contributed by atoms with E-state index in [9.17, 15) is 4.79 Å². The van der Waals surface area contributed by atoms with E-state index in [2.05, 4.69) is 82.7 Å². The first-order valence-corrected chi connectivity index (χ1v) is 21.1. The van der Waals surface area contributed by atoms with Crippen LogP contribution in [0.25, 0.3) is 33.2 Å². The molecule has 0 unspecified atom stereocenters. The van der Waals surface area contributed by atoms with Gasteiger partial charge in [-0.1, -0.05) is 20.8 Å². The van der Waals surface area contributed by atoms with Crippen LogP contribution in [0.1, 0.15) is 104 Å². The summed E-state index contributed by atoms with van der Waals surface area (Å²) in [4.78, 5) is 33.2. The number of ether oxygens (including phenoxy) is 6. The number of aromatic nitrogens is 4. The van der Waals surface area contributed by atoms with Gasteiger partial charge in [0.1, 0.15) is 0 Å². The van der Waals surface area contributed by atoms with Gasteiger partial charge < -0.3 is 43.3 Å². The molecule has 5 rings (SSSR count). The molecule has 0 saturated carbocycles. The van der Waals surface area contributed by atoms with Crippen LogP contribution >= 0.6 is 0 Å². The molecule has 0 aliphatic carbocycles. The predicted octanol–water partition coefficient (Wildman–Crippen LogP) is 8.00. The summed E-state index contributed by atoms with van der Waals surface area (Å²) in [5.41, 5.74) is 15.7. The number of aromatic amines is 2. The number of likely N-dealkylation sites (N-methyl/N-ethyl adjacent to an activating group) is 1. The number of rotatable bonds is 23. The van der Waals surface area contributed by atoms with Gasteiger partial charge in [0.2, 0.25) is 5.91 Å². The topological polar surface area (TPSA) is 133 Å². The standard InChI is InChI=1S/C46H67N5O7/c1-10-35-32(5)41-29-44-36(11-2)31(4)40(48-44)28-42-33(6)37(46(50-42)34(7)39-26-30(3)38(47-39)27-43(35)49-41)12-13-45(52)51(8)14-15-54-18-19-56-22-23-58-25-24-57-21-20-55-17-16-53-9/h26-29,33,37,47-48H,10-25H2,1-9H3/t33-,37-/m0/s1. The molecule has 12 nitrogen and oxygen atoms in total. The zero-order chi connectivity index (χ0) is 41.6. The Balaban J connectivity index is 1.19. The number of amides is 1. The minimum Gasteiger partial charge on any atom is -0.382 e. The number of allylic oxidation sites excluding steroid dienone is 2. The van der Waals surface area contributed by atoms with Gasteiger partial charge in [-0.2, -0.15) is 0 Å². The van der Waals surface area contributed by atoms with E-state index < -0.39 is 0 Å². The predicted molar refractivity (Wildman–Crippen MR) is 231 cm³/mol. The van der Waals surface area contributed by atoms with Crippen LogP contribution < -0.4 is 0 Å². The van der Waals surface area contributed by atoms with Crippen LogP contribution in [-0.4, -0.2) is 124 Å². The number of nitrogens with one attached hydrogen (secondary N) is 2. The van der Waals surface area contributed by atoms with Crippen molar-refractivity contribution in [3.8, 4) is 0 Å². The molecule has 8 bridgehead atoms. The number of fused-ring (bicyclic) bond motifs is 8. The summed E-state index contributed by atoms with van der Waals surface area (Å²) in [5, 5.41) is 0. The Morgan fingerprint density at radius 1 is 0.690 bits per heavy atom. The Labute approximate surface area is 345 Å². The highest BCUT2D eigenvalue weighted by atomic mass is 16.6. The van der Waals surface area contributed by atoms with Gasteiger partial charge in [-0.25, -0.2) is 4.98 Å². The van der Waals surface area contributed by atoms with Gasteiger partial charge in [0.25, 0.3) is 0 Å². The number of methoxy groups -OCH3 is 1. The van der Waals surface area contributed by atoms with E-state index in [1.165, 1.54) is 22.3 Å². The number of hydrogen-bond acceptors (Lipinski definition) is 9. The normalized spacial score (nSPS) is 15.5. The van der Waals surface area contributed by atoms with Crippen molar-refractivity contribution >= 4 is 39.1 Å². The van der Waals surface area contributed by atoms with E-state index in [1.54, 1.807) is 12.0 Å². The molecular formula is C46H67N5O7. The molecule has 3 aromatic heterocycles. The highest BCUT2D eigenvalue weighted by Crippen LogP contribution is 2.42. The third kappa shape index (κ3) is 11.6. The second-order valence-corrected chi connectivity index (χ2v) is 15.3. The molecule has 2 aliphatic heterocycles. The molecule has 0 aromatic carbocycles. The highest BCUT2D eigenvalue weighted by molar-refractivity contribution is 5.92. The van der Waals surface area contributed by atoms with E-state index in [-0.39, 0.29) is 17.7 Å². The molecule has 12 heteroatoms. The Kier molecular flexibility index (Phi) is 17.5. The van der Waals surface area contributed by atoms with Crippen LogP contribution in [-0.2, 0) is 39.6 Å². The summed E-state index contributed by atoms with van der Waals surface area (Å²) in [6.45, 7) is 21.5. The second kappa shape index (κ2) is 22.5. The summed E-state index contributed by atoms with van der Waals surface area (Å²) in [6, 6.07) is 8.85. The van der Waals surface area contributed by atoms with Crippen molar-refractivity contribution in [2.45, 2.75) is 86.0 Å². The maximum Gasteiger partial charge on any atom is 0.222 e.